The molecule has 0 aliphatic carbocycles. The summed E-state index contributed by atoms with van der Waals surface area (Å²) >= 11 is 0. The van der Waals surface area contributed by atoms with Crippen molar-refractivity contribution in [3.63, 3.8) is 0 Å². The standard InChI is InChI=1S/C19H20F6N4O5/c20-16(21)18(33,8-29-11-26-10-27-29)5-6-28(7-14(30)31)15(32)12-1-3-13(4-2-12)34-9-19(24,25)17(22)23/h1-4,10-11,16-17,33H,5-9H2,(H,30,31). The van der Waals surface area contributed by atoms with Gasteiger partial charge >= 0.3 is 18.3 Å². The SMILES string of the molecule is O=C(O)CN(CCC(O)(Cn1cncn1)C(F)F)C(=O)c1ccc(OCC(F)(F)C(F)F)cc1. The zero-order valence-corrected chi connectivity index (χ0v) is 17.3. The highest BCUT2D eigenvalue weighted by Crippen LogP contribution is 2.25. The molecule has 1 aromatic heterocycles. The highest BCUT2D eigenvalue weighted by atomic mass is 19.3. The summed E-state index contributed by atoms with van der Waals surface area (Å²) in [5.41, 5.74) is -2.82. The number of carboxylic acid groups (broad SMARTS) is 1. The minimum absolute atomic E-state index is 0.161. The molecular weight excluding hydrogens is 478 g/mol. The fraction of sp³-hybridized carbons (Fsp3) is 0.474. The van der Waals surface area contributed by atoms with Crippen LogP contribution in [0.3, 0.4) is 0 Å². The minimum Gasteiger partial charge on any atom is -0.487 e. The summed E-state index contributed by atoms with van der Waals surface area (Å²) < 4.78 is 82.8. The predicted molar refractivity (Wildman–Crippen MR) is 102 cm³/mol. The van der Waals surface area contributed by atoms with Gasteiger partial charge in [0.1, 0.15) is 30.5 Å². The van der Waals surface area contributed by atoms with Gasteiger partial charge in [-0.1, -0.05) is 0 Å². The van der Waals surface area contributed by atoms with Crippen LogP contribution in [0, 0.1) is 0 Å². The van der Waals surface area contributed by atoms with E-state index in [0.29, 0.717) is 4.90 Å². The number of alkyl halides is 6. The summed E-state index contributed by atoms with van der Waals surface area (Å²) in [5.74, 6) is -7.04. The number of carbonyl (C=O) groups excluding carboxylic acids is 1. The summed E-state index contributed by atoms with van der Waals surface area (Å²) in [6, 6.07) is 4.16. The Labute approximate surface area is 188 Å². The van der Waals surface area contributed by atoms with Gasteiger partial charge in [-0.15, -0.1) is 0 Å². The third-order valence-electron chi connectivity index (χ3n) is 4.59. The number of hydrogen-bond acceptors (Lipinski definition) is 6. The number of nitrogens with zero attached hydrogens (tertiary/aromatic N) is 4. The van der Waals surface area contributed by atoms with Gasteiger partial charge in [0.15, 0.2) is 6.61 Å². The molecule has 9 nitrogen and oxygen atoms in total. The Balaban J connectivity index is 2.10. The molecule has 34 heavy (non-hydrogen) atoms. The minimum atomic E-state index is -4.39. The molecule has 1 amide bonds. The van der Waals surface area contributed by atoms with Gasteiger partial charge in [0, 0.05) is 18.5 Å². The smallest absolute Gasteiger partial charge is 0.340 e. The molecule has 1 unspecified atom stereocenters. The molecular formula is C19H20F6N4O5. The van der Waals surface area contributed by atoms with Crippen molar-refractivity contribution in [1.82, 2.24) is 19.7 Å². The summed E-state index contributed by atoms with van der Waals surface area (Å²) in [5, 5.41) is 23.0. The quantitative estimate of drug-likeness (QED) is 0.407. The number of hydrogen-bond donors (Lipinski definition) is 2. The van der Waals surface area contributed by atoms with Gasteiger partial charge < -0.3 is 19.8 Å². The van der Waals surface area contributed by atoms with Gasteiger partial charge in [0.05, 0.1) is 6.54 Å². The van der Waals surface area contributed by atoms with Crippen LogP contribution in [0.25, 0.3) is 0 Å². The number of aliphatic carboxylic acids is 1. The van der Waals surface area contributed by atoms with E-state index in [2.05, 4.69) is 14.8 Å². The number of carboxylic acids is 1. The Kier molecular flexibility index (Phi) is 8.84. The third-order valence-corrected chi connectivity index (χ3v) is 4.59. The van der Waals surface area contributed by atoms with Crippen LogP contribution in [0.2, 0.25) is 0 Å². The van der Waals surface area contributed by atoms with E-state index < -0.39 is 68.9 Å². The van der Waals surface area contributed by atoms with E-state index in [1.807, 2.05) is 0 Å². The molecule has 0 bridgehead atoms. The second kappa shape index (κ2) is 11.2. The van der Waals surface area contributed by atoms with Crippen LogP contribution in [-0.2, 0) is 11.3 Å². The Hall–Kier alpha value is -3.36. The topological polar surface area (TPSA) is 118 Å². The molecule has 0 saturated heterocycles. The van der Waals surface area contributed by atoms with Gasteiger partial charge in [0.2, 0.25) is 0 Å². The van der Waals surface area contributed by atoms with Crippen LogP contribution < -0.4 is 4.74 Å². The van der Waals surface area contributed by atoms with E-state index >= 15 is 0 Å². The molecule has 1 heterocycles. The van der Waals surface area contributed by atoms with Gasteiger partial charge in [0.25, 0.3) is 12.3 Å². The fourth-order valence-electron chi connectivity index (χ4n) is 2.72. The highest BCUT2D eigenvalue weighted by molar-refractivity contribution is 5.95. The predicted octanol–water partition coefficient (Wildman–Crippen LogP) is 2.17. The van der Waals surface area contributed by atoms with E-state index in [-0.39, 0.29) is 11.3 Å². The Morgan fingerprint density at radius 1 is 1.12 bits per heavy atom. The molecule has 0 radical (unpaired) electrons. The first kappa shape index (κ1) is 26.9. The van der Waals surface area contributed by atoms with E-state index in [0.717, 1.165) is 41.6 Å². The highest BCUT2D eigenvalue weighted by Gasteiger charge is 2.42. The molecule has 0 spiro atoms. The monoisotopic (exact) mass is 498 g/mol. The number of rotatable bonds is 13. The first-order chi connectivity index (χ1) is 15.8. The Morgan fingerprint density at radius 2 is 1.76 bits per heavy atom. The molecule has 0 aliphatic heterocycles. The first-order valence-corrected chi connectivity index (χ1v) is 9.57. The van der Waals surface area contributed by atoms with Gasteiger partial charge in [-0.05, 0) is 24.3 Å². The third kappa shape index (κ3) is 7.33. The van der Waals surface area contributed by atoms with Crippen LogP contribution in [0.5, 0.6) is 5.75 Å². The molecule has 2 aromatic rings. The lowest BCUT2D eigenvalue weighted by molar-refractivity contribution is -0.148. The lowest BCUT2D eigenvalue weighted by Crippen LogP contribution is -2.46. The number of aliphatic hydroxyl groups is 1. The average Bonchev–Trinajstić information content (AvgIpc) is 3.27. The van der Waals surface area contributed by atoms with Crippen molar-refractivity contribution in [1.29, 1.82) is 0 Å². The molecule has 1 atom stereocenters. The number of carbonyl (C=O) groups is 2. The Bertz CT molecular complexity index is 945. The molecule has 0 fully saturated rings. The number of amides is 1. The van der Waals surface area contributed by atoms with E-state index in [9.17, 15) is 41.0 Å². The lowest BCUT2D eigenvalue weighted by Gasteiger charge is -2.30. The molecule has 0 aliphatic rings. The number of benzene rings is 1. The zero-order valence-electron chi connectivity index (χ0n) is 17.3. The molecule has 2 N–H and O–H groups in total. The van der Waals surface area contributed by atoms with Crippen molar-refractivity contribution in [3.8, 4) is 5.75 Å². The van der Waals surface area contributed by atoms with Gasteiger partial charge in [-0.2, -0.15) is 13.9 Å². The van der Waals surface area contributed by atoms with E-state index in [1.54, 1.807) is 0 Å². The zero-order chi connectivity index (χ0) is 25.5. The second-order valence-electron chi connectivity index (χ2n) is 7.24. The van der Waals surface area contributed by atoms with Crippen LogP contribution in [0.15, 0.2) is 36.9 Å². The molecule has 0 saturated carbocycles. The summed E-state index contributed by atoms with van der Waals surface area (Å²) in [7, 11) is 0. The molecule has 15 heteroatoms. The van der Waals surface area contributed by atoms with Gasteiger partial charge in [-0.3, -0.25) is 9.59 Å². The maximum atomic E-state index is 13.5. The summed E-state index contributed by atoms with van der Waals surface area (Å²) in [4.78, 5) is 28.1. The summed E-state index contributed by atoms with van der Waals surface area (Å²) in [6.45, 7) is -3.75. The van der Waals surface area contributed by atoms with Crippen molar-refractivity contribution in [2.24, 2.45) is 0 Å². The van der Waals surface area contributed by atoms with Crippen molar-refractivity contribution in [2.45, 2.75) is 37.3 Å². The largest absolute Gasteiger partial charge is 0.487 e. The lowest BCUT2D eigenvalue weighted by atomic mass is 9.99. The normalized spacial score (nSPS) is 13.7. The maximum absolute atomic E-state index is 13.5. The molecule has 2 rings (SSSR count). The van der Waals surface area contributed by atoms with Crippen LogP contribution >= 0.6 is 0 Å². The van der Waals surface area contributed by atoms with E-state index in [1.165, 1.54) is 0 Å². The molecule has 188 valence electrons. The van der Waals surface area contributed by atoms with Crippen molar-refractivity contribution >= 4 is 11.9 Å². The number of ether oxygens (including phenoxy) is 1. The number of aromatic nitrogens is 3. The second-order valence-corrected chi connectivity index (χ2v) is 7.24. The fourth-order valence-corrected chi connectivity index (χ4v) is 2.72. The van der Waals surface area contributed by atoms with Crippen LogP contribution in [-0.4, -0.2) is 85.8 Å². The van der Waals surface area contributed by atoms with Gasteiger partial charge in [-0.25, -0.2) is 27.2 Å². The Morgan fingerprint density at radius 3 is 2.26 bits per heavy atom. The van der Waals surface area contributed by atoms with Crippen molar-refractivity contribution in [2.75, 3.05) is 19.7 Å². The van der Waals surface area contributed by atoms with E-state index in [4.69, 9.17) is 5.11 Å². The van der Waals surface area contributed by atoms with Crippen LogP contribution in [0.1, 0.15) is 16.8 Å². The van der Waals surface area contributed by atoms with Crippen molar-refractivity contribution in [3.05, 3.63) is 42.5 Å². The summed E-state index contributed by atoms with van der Waals surface area (Å²) in [6.07, 6.45) is -5.76. The first-order valence-electron chi connectivity index (χ1n) is 9.57. The molecule has 1 aromatic carbocycles. The van der Waals surface area contributed by atoms with Crippen LogP contribution in [0.4, 0.5) is 26.3 Å². The maximum Gasteiger partial charge on any atom is 0.340 e. The van der Waals surface area contributed by atoms with Crippen molar-refractivity contribution < 1.29 is 50.9 Å². The number of halogens is 6. The average molecular weight is 498 g/mol.